The molecule has 0 aliphatic heterocycles. The molecular weight excluding hydrogens is 434 g/mol. The number of rotatable bonds is 4. The minimum atomic E-state index is -1.08. The van der Waals surface area contributed by atoms with Gasteiger partial charge in [0, 0.05) is 12.0 Å². The van der Waals surface area contributed by atoms with Crippen LogP contribution in [0.4, 0.5) is 0 Å². The fourth-order valence-electron chi connectivity index (χ4n) is 6.77. The van der Waals surface area contributed by atoms with Gasteiger partial charge in [-0.25, -0.2) is 0 Å². The lowest BCUT2D eigenvalue weighted by atomic mass is 9.62. The van der Waals surface area contributed by atoms with Crippen LogP contribution in [0.25, 0.3) is 0 Å². The minimum absolute atomic E-state index is 0.0537. The third-order valence-corrected chi connectivity index (χ3v) is 8.41. The zero-order valence-corrected chi connectivity index (χ0v) is 19.2. The van der Waals surface area contributed by atoms with Crippen molar-refractivity contribution in [2.75, 3.05) is 0 Å². The zero-order chi connectivity index (χ0) is 24.1. The number of fused-ring (bicyclic) bond motifs is 3. The number of hydrogen-bond acceptors (Lipinski definition) is 6. The van der Waals surface area contributed by atoms with Gasteiger partial charge in [0.2, 0.25) is 0 Å². The van der Waals surface area contributed by atoms with Crippen LogP contribution in [0, 0.1) is 23.7 Å². The van der Waals surface area contributed by atoms with Crippen molar-refractivity contribution in [1.82, 2.24) is 0 Å². The number of allylic oxidation sites excluding steroid dienone is 3. The molecule has 1 fully saturated rings. The highest BCUT2D eigenvalue weighted by Gasteiger charge is 2.50. The predicted molar refractivity (Wildman–Crippen MR) is 124 cm³/mol. The third kappa shape index (κ3) is 3.62. The molecule has 1 aromatic rings. The van der Waals surface area contributed by atoms with E-state index < -0.39 is 34.9 Å². The molecule has 0 heterocycles. The number of benzene rings is 1. The molecule has 2 unspecified atom stereocenters. The minimum Gasteiger partial charge on any atom is -0.511 e. The molecular formula is C27H31NO6. The van der Waals surface area contributed by atoms with E-state index >= 15 is 0 Å². The van der Waals surface area contributed by atoms with E-state index in [-0.39, 0.29) is 40.7 Å². The van der Waals surface area contributed by atoms with Crippen LogP contribution in [0.1, 0.15) is 72.9 Å². The Morgan fingerprint density at radius 3 is 2.47 bits per heavy atom. The van der Waals surface area contributed by atoms with Gasteiger partial charge in [-0.05, 0) is 60.6 Å². The van der Waals surface area contributed by atoms with Gasteiger partial charge in [-0.1, -0.05) is 38.2 Å². The van der Waals surface area contributed by atoms with Crippen LogP contribution in [0.5, 0.6) is 5.75 Å². The van der Waals surface area contributed by atoms with E-state index in [0.717, 1.165) is 24.0 Å². The topological polar surface area (TPSA) is 138 Å². The number of aryl methyl sites for hydroxylation is 1. The SMILES string of the molecule is NC(=O)C1=C(O)C[C@@H]2CC3Cc4c(CCC5CCCCC5)ccc(O)c4C(=O)C3=C(O)C2C1=O. The molecule has 34 heavy (non-hydrogen) atoms. The molecule has 7 nitrogen and oxygen atoms in total. The monoisotopic (exact) mass is 465 g/mol. The highest BCUT2D eigenvalue weighted by Crippen LogP contribution is 2.50. The first kappa shape index (κ1) is 22.7. The van der Waals surface area contributed by atoms with Crippen LogP contribution in [0.3, 0.4) is 0 Å². The molecule has 5 rings (SSSR count). The molecule has 1 aromatic carbocycles. The summed E-state index contributed by atoms with van der Waals surface area (Å²) >= 11 is 0. The standard InChI is InChI=1S/C27H31NO6/c28-27(34)23-19(30)12-16-10-15-11-17-14(7-6-13-4-2-1-3-5-13)8-9-18(29)22(17)25(32)20(15)24(31)21(16)26(23)33/h8-9,13,15-16,21,29-31H,1-7,10-12H2,(H2,28,34)/t15?,16-,21?/m0/s1. The van der Waals surface area contributed by atoms with Gasteiger partial charge in [0.1, 0.15) is 22.8 Å². The van der Waals surface area contributed by atoms with Gasteiger partial charge in [-0.15, -0.1) is 0 Å². The summed E-state index contributed by atoms with van der Waals surface area (Å²) in [5.74, 6) is -4.16. The Morgan fingerprint density at radius 1 is 1.03 bits per heavy atom. The highest BCUT2D eigenvalue weighted by atomic mass is 16.3. The number of carbonyl (C=O) groups excluding carboxylic acids is 3. The number of Topliss-reactive ketones (excluding diaryl/α,β-unsaturated/α-hetero) is 2. The normalized spacial score (nSPS) is 27.4. The lowest BCUT2D eigenvalue weighted by molar-refractivity contribution is -0.126. The van der Waals surface area contributed by atoms with Gasteiger partial charge in [0.15, 0.2) is 11.6 Å². The van der Waals surface area contributed by atoms with Crippen molar-refractivity contribution in [3.63, 3.8) is 0 Å². The van der Waals surface area contributed by atoms with Crippen LogP contribution in [-0.4, -0.2) is 32.8 Å². The van der Waals surface area contributed by atoms with E-state index in [2.05, 4.69) is 0 Å². The summed E-state index contributed by atoms with van der Waals surface area (Å²) in [6.07, 6.45) is 9.18. The van der Waals surface area contributed by atoms with Gasteiger partial charge < -0.3 is 21.1 Å². The van der Waals surface area contributed by atoms with Gasteiger partial charge in [0.05, 0.1) is 11.5 Å². The molecule has 1 amide bonds. The van der Waals surface area contributed by atoms with Crippen molar-refractivity contribution in [3.8, 4) is 5.75 Å². The predicted octanol–water partition coefficient (Wildman–Crippen LogP) is 3.98. The number of hydrogen-bond donors (Lipinski definition) is 4. The Hall–Kier alpha value is -3.09. The van der Waals surface area contributed by atoms with Crippen LogP contribution in [0.15, 0.2) is 34.8 Å². The average molecular weight is 466 g/mol. The van der Waals surface area contributed by atoms with Crippen molar-refractivity contribution in [3.05, 3.63) is 51.5 Å². The number of phenols is 1. The van der Waals surface area contributed by atoms with Crippen molar-refractivity contribution < 1.29 is 29.7 Å². The number of nitrogens with two attached hydrogens (primary N) is 1. The lowest BCUT2D eigenvalue weighted by Gasteiger charge is -2.41. The second-order valence-electron chi connectivity index (χ2n) is 10.4. The molecule has 0 saturated heterocycles. The number of aliphatic hydroxyl groups excluding tert-OH is 2. The number of phenolic OH excluding ortho intramolecular Hbond substituents is 1. The maximum atomic E-state index is 13.6. The summed E-state index contributed by atoms with van der Waals surface area (Å²) in [4.78, 5) is 38.2. The molecule has 7 heteroatoms. The van der Waals surface area contributed by atoms with E-state index in [0.29, 0.717) is 18.8 Å². The second kappa shape index (κ2) is 8.60. The van der Waals surface area contributed by atoms with E-state index in [9.17, 15) is 29.7 Å². The van der Waals surface area contributed by atoms with E-state index in [1.807, 2.05) is 6.07 Å². The quantitative estimate of drug-likeness (QED) is 0.496. The Kier molecular flexibility index (Phi) is 5.74. The summed E-state index contributed by atoms with van der Waals surface area (Å²) in [5.41, 5.74) is 7.04. The number of ketones is 2. The van der Waals surface area contributed by atoms with E-state index in [4.69, 9.17) is 5.73 Å². The molecule has 1 saturated carbocycles. The molecule has 0 spiro atoms. The molecule has 4 aliphatic rings. The Bertz CT molecular complexity index is 1140. The molecule has 180 valence electrons. The molecule has 4 aliphatic carbocycles. The van der Waals surface area contributed by atoms with Gasteiger partial charge in [0.25, 0.3) is 5.91 Å². The van der Waals surface area contributed by atoms with Gasteiger partial charge >= 0.3 is 0 Å². The number of aliphatic hydroxyl groups is 2. The van der Waals surface area contributed by atoms with E-state index in [1.54, 1.807) is 6.07 Å². The van der Waals surface area contributed by atoms with Crippen molar-refractivity contribution in [2.24, 2.45) is 29.4 Å². The van der Waals surface area contributed by atoms with Crippen LogP contribution in [-0.2, 0) is 22.4 Å². The van der Waals surface area contributed by atoms with Crippen LogP contribution >= 0.6 is 0 Å². The largest absolute Gasteiger partial charge is 0.511 e. The Morgan fingerprint density at radius 2 is 1.76 bits per heavy atom. The summed E-state index contributed by atoms with van der Waals surface area (Å²) in [5, 5.41) is 31.9. The molecule has 0 radical (unpaired) electrons. The summed E-state index contributed by atoms with van der Waals surface area (Å²) in [6, 6.07) is 3.45. The number of primary amides is 1. The fraction of sp³-hybridized carbons (Fsp3) is 0.519. The highest BCUT2D eigenvalue weighted by molar-refractivity contribution is 6.22. The number of aromatic hydroxyl groups is 1. The summed E-state index contributed by atoms with van der Waals surface area (Å²) in [7, 11) is 0. The first-order chi connectivity index (χ1) is 16.3. The van der Waals surface area contributed by atoms with E-state index in [1.165, 1.54) is 32.1 Å². The maximum absolute atomic E-state index is 13.6. The number of amides is 1. The Labute approximate surface area is 198 Å². The third-order valence-electron chi connectivity index (χ3n) is 8.41. The summed E-state index contributed by atoms with van der Waals surface area (Å²) in [6.45, 7) is 0. The van der Waals surface area contributed by atoms with Crippen molar-refractivity contribution >= 4 is 17.5 Å². The zero-order valence-electron chi connectivity index (χ0n) is 19.2. The number of carbonyl (C=O) groups is 3. The maximum Gasteiger partial charge on any atom is 0.255 e. The van der Waals surface area contributed by atoms with Gasteiger partial charge in [-0.3, -0.25) is 14.4 Å². The summed E-state index contributed by atoms with van der Waals surface area (Å²) < 4.78 is 0. The van der Waals surface area contributed by atoms with Gasteiger partial charge in [-0.2, -0.15) is 0 Å². The second-order valence-corrected chi connectivity index (χ2v) is 10.4. The molecule has 3 atom stereocenters. The average Bonchev–Trinajstić information content (AvgIpc) is 2.78. The first-order valence-electron chi connectivity index (χ1n) is 12.4. The van der Waals surface area contributed by atoms with Crippen molar-refractivity contribution in [1.29, 1.82) is 0 Å². The van der Waals surface area contributed by atoms with Crippen LogP contribution < -0.4 is 5.73 Å². The lowest BCUT2D eigenvalue weighted by Crippen LogP contribution is -2.43. The molecule has 0 aromatic heterocycles. The van der Waals surface area contributed by atoms with Crippen molar-refractivity contribution in [2.45, 2.75) is 64.2 Å². The molecule has 5 N–H and O–H groups in total. The first-order valence-corrected chi connectivity index (χ1v) is 12.4. The smallest absolute Gasteiger partial charge is 0.255 e. The van der Waals surface area contributed by atoms with Crippen LogP contribution in [0.2, 0.25) is 0 Å². The molecule has 0 bridgehead atoms. The fourth-order valence-corrected chi connectivity index (χ4v) is 6.77. The Balaban J connectivity index is 1.49.